The highest BCUT2D eigenvalue weighted by Gasteiger charge is 2.18. The molecule has 0 aliphatic heterocycles. The van der Waals surface area contributed by atoms with Gasteiger partial charge >= 0.3 is 0 Å². The van der Waals surface area contributed by atoms with E-state index in [0.29, 0.717) is 23.9 Å². The van der Waals surface area contributed by atoms with Gasteiger partial charge < -0.3 is 10.1 Å². The van der Waals surface area contributed by atoms with Gasteiger partial charge in [-0.2, -0.15) is 5.10 Å². The van der Waals surface area contributed by atoms with E-state index in [1.165, 1.54) is 12.1 Å². The predicted molar refractivity (Wildman–Crippen MR) is 103 cm³/mol. The first-order chi connectivity index (χ1) is 13.0. The van der Waals surface area contributed by atoms with Crippen LogP contribution in [0.1, 0.15) is 24.3 Å². The van der Waals surface area contributed by atoms with Gasteiger partial charge in [-0.25, -0.2) is 9.07 Å². The summed E-state index contributed by atoms with van der Waals surface area (Å²) in [6.07, 6.45) is 0. The number of carbonyl (C=O) groups excluding carboxylic acids is 1. The molecule has 0 spiro atoms. The lowest BCUT2D eigenvalue weighted by atomic mass is 10.1. The maximum absolute atomic E-state index is 13.2. The number of aromatic nitrogens is 2. The molecule has 0 unspecified atom stereocenters. The second-order valence-electron chi connectivity index (χ2n) is 6.64. The van der Waals surface area contributed by atoms with Crippen molar-refractivity contribution in [3.8, 4) is 22.7 Å². The third kappa shape index (κ3) is 4.34. The highest BCUT2D eigenvalue weighted by molar-refractivity contribution is 5.94. The number of ether oxygens (including phenoxy) is 1. The van der Waals surface area contributed by atoms with Crippen LogP contribution in [-0.4, -0.2) is 29.3 Å². The maximum atomic E-state index is 13.2. The fraction of sp³-hybridized carbons (Fsp3) is 0.238. The Bertz CT molecular complexity index is 916. The van der Waals surface area contributed by atoms with Crippen molar-refractivity contribution in [2.45, 2.75) is 13.8 Å². The summed E-state index contributed by atoms with van der Waals surface area (Å²) in [5, 5.41) is 7.50. The van der Waals surface area contributed by atoms with E-state index < -0.39 is 0 Å². The normalized spacial score (nSPS) is 10.9. The van der Waals surface area contributed by atoms with Gasteiger partial charge in [0.15, 0.2) is 0 Å². The van der Waals surface area contributed by atoms with Crippen molar-refractivity contribution in [1.29, 1.82) is 0 Å². The molecule has 3 aromatic rings. The number of hydrogen-bond donors (Lipinski definition) is 1. The summed E-state index contributed by atoms with van der Waals surface area (Å²) in [6.45, 7) is 4.63. The summed E-state index contributed by atoms with van der Waals surface area (Å²) >= 11 is 0. The second kappa shape index (κ2) is 8.03. The highest BCUT2D eigenvalue weighted by Crippen LogP contribution is 2.23. The van der Waals surface area contributed by atoms with Crippen molar-refractivity contribution in [1.82, 2.24) is 15.1 Å². The standard InChI is InChI=1S/C21H22FN3O2/c1-14(2)13-23-21(26)20-12-19(15-4-6-16(22)7-5-15)24-25(20)17-8-10-18(27-3)11-9-17/h4-12,14H,13H2,1-3H3,(H,23,26). The molecular formula is C21H22FN3O2. The first-order valence-electron chi connectivity index (χ1n) is 8.76. The van der Waals surface area contributed by atoms with Crippen LogP contribution in [0.25, 0.3) is 16.9 Å². The zero-order chi connectivity index (χ0) is 19.4. The van der Waals surface area contributed by atoms with Crippen LogP contribution in [0.5, 0.6) is 5.75 Å². The van der Waals surface area contributed by atoms with Crippen LogP contribution in [0.3, 0.4) is 0 Å². The van der Waals surface area contributed by atoms with Gasteiger partial charge in [-0.05, 0) is 60.5 Å². The molecule has 6 heteroatoms. The number of amides is 1. The van der Waals surface area contributed by atoms with E-state index in [-0.39, 0.29) is 11.7 Å². The van der Waals surface area contributed by atoms with Crippen LogP contribution in [-0.2, 0) is 0 Å². The van der Waals surface area contributed by atoms with Gasteiger partial charge in [0.1, 0.15) is 17.3 Å². The highest BCUT2D eigenvalue weighted by atomic mass is 19.1. The largest absolute Gasteiger partial charge is 0.497 e. The molecule has 1 heterocycles. The lowest BCUT2D eigenvalue weighted by molar-refractivity contribution is 0.0941. The minimum atomic E-state index is -0.316. The average Bonchev–Trinajstić information content (AvgIpc) is 3.12. The maximum Gasteiger partial charge on any atom is 0.270 e. The van der Waals surface area contributed by atoms with Gasteiger partial charge in [0.2, 0.25) is 0 Å². The third-order valence-corrected chi connectivity index (χ3v) is 4.07. The number of methoxy groups -OCH3 is 1. The van der Waals surface area contributed by atoms with E-state index in [4.69, 9.17) is 4.74 Å². The fourth-order valence-corrected chi connectivity index (χ4v) is 2.61. The number of benzene rings is 2. The summed E-state index contributed by atoms with van der Waals surface area (Å²) in [4.78, 5) is 12.7. The van der Waals surface area contributed by atoms with Crippen molar-refractivity contribution in [3.05, 3.63) is 66.1 Å². The van der Waals surface area contributed by atoms with E-state index >= 15 is 0 Å². The molecule has 0 saturated carbocycles. The van der Waals surface area contributed by atoms with Gasteiger partial charge in [-0.1, -0.05) is 13.8 Å². The Labute approximate surface area is 157 Å². The van der Waals surface area contributed by atoms with Crippen LogP contribution in [0.15, 0.2) is 54.6 Å². The lowest BCUT2D eigenvalue weighted by Crippen LogP contribution is -2.29. The first-order valence-corrected chi connectivity index (χ1v) is 8.76. The summed E-state index contributed by atoms with van der Waals surface area (Å²) in [5.74, 6) is 0.530. The van der Waals surface area contributed by atoms with Crippen molar-refractivity contribution in [3.63, 3.8) is 0 Å². The molecule has 5 nitrogen and oxygen atoms in total. The summed E-state index contributed by atoms with van der Waals surface area (Å²) in [5.41, 5.74) is 2.49. The predicted octanol–water partition coefficient (Wildman–Crippen LogP) is 4.07. The molecule has 0 fully saturated rings. The van der Waals surface area contributed by atoms with Crippen LogP contribution in [0.2, 0.25) is 0 Å². The molecular weight excluding hydrogens is 345 g/mol. The monoisotopic (exact) mass is 367 g/mol. The Morgan fingerprint density at radius 1 is 1.15 bits per heavy atom. The Morgan fingerprint density at radius 3 is 2.41 bits per heavy atom. The number of carbonyl (C=O) groups is 1. The molecule has 2 aromatic carbocycles. The number of halogens is 1. The second-order valence-corrected chi connectivity index (χ2v) is 6.64. The molecule has 3 rings (SSSR count). The van der Waals surface area contributed by atoms with Crippen LogP contribution in [0, 0.1) is 11.7 Å². The Morgan fingerprint density at radius 2 is 1.81 bits per heavy atom. The number of hydrogen-bond acceptors (Lipinski definition) is 3. The number of nitrogens with one attached hydrogen (secondary N) is 1. The van der Waals surface area contributed by atoms with Gasteiger partial charge in [0.25, 0.3) is 5.91 Å². The molecule has 27 heavy (non-hydrogen) atoms. The number of rotatable bonds is 6. The fourth-order valence-electron chi connectivity index (χ4n) is 2.61. The van der Waals surface area contributed by atoms with Crippen molar-refractivity contribution in [2.75, 3.05) is 13.7 Å². The minimum Gasteiger partial charge on any atom is -0.497 e. The van der Waals surface area contributed by atoms with Gasteiger partial charge in [-0.15, -0.1) is 0 Å². The molecule has 1 amide bonds. The first kappa shape index (κ1) is 18.6. The van der Waals surface area contributed by atoms with Crippen LogP contribution >= 0.6 is 0 Å². The van der Waals surface area contributed by atoms with E-state index in [2.05, 4.69) is 10.4 Å². The average molecular weight is 367 g/mol. The molecule has 0 radical (unpaired) electrons. The Hall–Kier alpha value is -3.15. The van der Waals surface area contributed by atoms with Gasteiger partial charge in [0.05, 0.1) is 18.5 Å². The molecule has 0 aliphatic rings. The lowest BCUT2D eigenvalue weighted by Gasteiger charge is -2.10. The topological polar surface area (TPSA) is 56.2 Å². The van der Waals surface area contributed by atoms with E-state index in [1.54, 1.807) is 30.0 Å². The van der Waals surface area contributed by atoms with Gasteiger partial charge in [-0.3, -0.25) is 4.79 Å². The molecule has 0 aliphatic carbocycles. The van der Waals surface area contributed by atoms with Crippen LogP contribution < -0.4 is 10.1 Å². The minimum absolute atomic E-state index is 0.208. The zero-order valence-electron chi connectivity index (χ0n) is 15.6. The van der Waals surface area contributed by atoms with Crippen LogP contribution in [0.4, 0.5) is 4.39 Å². The van der Waals surface area contributed by atoms with E-state index in [9.17, 15) is 9.18 Å². The van der Waals surface area contributed by atoms with Crippen molar-refractivity contribution < 1.29 is 13.9 Å². The molecule has 0 saturated heterocycles. The molecule has 140 valence electrons. The van der Waals surface area contributed by atoms with Crippen molar-refractivity contribution in [2.24, 2.45) is 5.92 Å². The quantitative estimate of drug-likeness (QED) is 0.714. The molecule has 1 aromatic heterocycles. The summed E-state index contributed by atoms with van der Waals surface area (Å²) < 4.78 is 20.0. The molecule has 1 N–H and O–H groups in total. The Balaban J connectivity index is 2.02. The van der Waals surface area contributed by atoms with Crippen molar-refractivity contribution >= 4 is 5.91 Å². The third-order valence-electron chi connectivity index (χ3n) is 4.07. The zero-order valence-corrected chi connectivity index (χ0v) is 15.6. The number of nitrogens with zero attached hydrogens (tertiary/aromatic N) is 2. The molecule has 0 bridgehead atoms. The van der Waals surface area contributed by atoms with Gasteiger partial charge in [0, 0.05) is 12.1 Å². The van der Waals surface area contributed by atoms with E-state index in [0.717, 1.165) is 17.0 Å². The smallest absolute Gasteiger partial charge is 0.270 e. The van der Waals surface area contributed by atoms with E-state index in [1.807, 2.05) is 38.1 Å². The Kier molecular flexibility index (Phi) is 5.54. The SMILES string of the molecule is COc1ccc(-n2nc(-c3ccc(F)cc3)cc2C(=O)NCC(C)C)cc1. The summed E-state index contributed by atoms with van der Waals surface area (Å²) in [7, 11) is 1.60. The molecule has 0 atom stereocenters. The summed E-state index contributed by atoms with van der Waals surface area (Å²) in [6, 6.07) is 15.0.